The molecule has 6 heteroatoms. The van der Waals surface area contributed by atoms with E-state index < -0.39 is 0 Å². The Kier molecular flexibility index (Phi) is 7.99. The second kappa shape index (κ2) is 9.78. The third-order valence-electron chi connectivity index (χ3n) is 2.98. The molecule has 0 radical (unpaired) electrons. The molecule has 0 spiro atoms. The van der Waals surface area contributed by atoms with Gasteiger partial charge in [0.2, 0.25) is 11.8 Å². The molecule has 1 rings (SSSR count). The molecule has 6 nitrogen and oxygen atoms in total. The van der Waals surface area contributed by atoms with Crippen molar-refractivity contribution in [3.05, 3.63) is 24.3 Å². The number of carbonyl (C=O) groups excluding carboxylic acids is 2. The molecule has 0 aromatic heterocycles. The Bertz CT molecular complexity index is 472. The smallest absolute Gasteiger partial charge is 0.239 e. The number of amides is 2. The van der Waals surface area contributed by atoms with Crippen LogP contribution in [0, 0.1) is 5.92 Å². The van der Waals surface area contributed by atoms with Crippen LogP contribution in [0.2, 0.25) is 0 Å². The van der Waals surface area contributed by atoms with E-state index in [0.717, 1.165) is 17.8 Å². The van der Waals surface area contributed by atoms with Gasteiger partial charge in [-0.2, -0.15) is 0 Å². The van der Waals surface area contributed by atoms with E-state index in [9.17, 15) is 9.59 Å². The Morgan fingerprint density at radius 2 is 1.77 bits per heavy atom. The second-order valence-corrected chi connectivity index (χ2v) is 5.27. The molecular weight excluding hydrogens is 282 g/mol. The fourth-order valence-electron chi connectivity index (χ4n) is 1.65. The van der Waals surface area contributed by atoms with Crippen molar-refractivity contribution in [1.29, 1.82) is 0 Å². The highest BCUT2D eigenvalue weighted by molar-refractivity contribution is 5.92. The molecule has 0 saturated carbocycles. The lowest BCUT2D eigenvalue weighted by Gasteiger charge is -2.10. The first-order chi connectivity index (χ1) is 10.5. The molecule has 3 N–H and O–H groups in total. The van der Waals surface area contributed by atoms with E-state index >= 15 is 0 Å². The maximum absolute atomic E-state index is 11.6. The van der Waals surface area contributed by atoms with Gasteiger partial charge in [-0.1, -0.05) is 13.8 Å². The monoisotopic (exact) mass is 307 g/mol. The standard InChI is InChI=1S/C16H25N3O3/c1-12(2)16(21)19-14-7-5-13(6-8-14)18-11-15(20)17-9-4-10-22-3/h5-8,12,18H,4,9-11H2,1-3H3,(H,17,20)(H,19,21). The van der Waals surface area contributed by atoms with Gasteiger partial charge in [-0.15, -0.1) is 0 Å². The summed E-state index contributed by atoms with van der Waals surface area (Å²) >= 11 is 0. The Morgan fingerprint density at radius 3 is 2.36 bits per heavy atom. The van der Waals surface area contributed by atoms with Gasteiger partial charge in [0, 0.05) is 37.6 Å². The molecule has 0 bridgehead atoms. The molecule has 22 heavy (non-hydrogen) atoms. The zero-order valence-corrected chi connectivity index (χ0v) is 13.4. The van der Waals surface area contributed by atoms with Crippen LogP contribution in [-0.2, 0) is 14.3 Å². The lowest BCUT2D eigenvalue weighted by molar-refractivity contribution is -0.120. The van der Waals surface area contributed by atoms with E-state index in [1.54, 1.807) is 19.2 Å². The first kappa shape index (κ1) is 18.0. The summed E-state index contributed by atoms with van der Waals surface area (Å²) in [6.07, 6.45) is 0.798. The third-order valence-corrected chi connectivity index (χ3v) is 2.98. The average Bonchev–Trinajstić information content (AvgIpc) is 2.50. The van der Waals surface area contributed by atoms with E-state index in [1.165, 1.54) is 0 Å². The number of methoxy groups -OCH3 is 1. The van der Waals surface area contributed by atoms with Gasteiger partial charge in [-0.25, -0.2) is 0 Å². The molecule has 0 aliphatic rings. The van der Waals surface area contributed by atoms with E-state index in [2.05, 4.69) is 16.0 Å². The molecule has 0 aliphatic carbocycles. The van der Waals surface area contributed by atoms with Crippen LogP contribution in [0.15, 0.2) is 24.3 Å². The van der Waals surface area contributed by atoms with Gasteiger partial charge in [-0.05, 0) is 30.7 Å². The summed E-state index contributed by atoms with van der Waals surface area (Å²) < 4.78 is 4.91. The maximum atomic E-state index is 11.6. The first-order valence-corrected chi connectivity index (χ1v) is 7.43. The van der Waals surface area contributed by atoms with Crippen LogP contribution >= 0.6 is 0 Å². The highest BCUT2D eigenvalue weighted by Crippen LogP contribution is 2.14. The number of nitrogens with one attached hydrogen (secondary N) is 3. The predicted molar refractivity (Wildman–Crippen MR) is 87.9 cm³/mol. The molecule has 1 aromatic carbocycles. The molecule has 1 aromatic rings. The van der Waals surface area contributed by atoms with Crippen LogP contribution in [0.4, 0.5) is 11.4 Å². The second-order valence-electron chi connectivity index (χ2n) is 5.27. The number of carbonyl (C=O) groups is 2. The summed E-state index contributed by atoms with van der Waals surface area (Å²) in [6, 6.07) is 7.26. The minimum Gasteiger partial charge on any atom is -0.385 e. The van der Waals surface area contributed by atoms with Crippen LogP contribution in [-0.4, -0.2) is 38.6 Å². The molecule has 0 saturated heterocycles. The minimum absolute atomic E-state index is 0.0175. The van der Waals surface area contributed by atoms with Crippen molar-refractivity contribution < 1.29 is 14.3 Å². The van der Waals surface area contributed by atoms with Crippen molar-refractivity contribution in [3.8, 4) is 0 Å². The average molecular weight is 307 g/mol. The van der Waals surface area contributed by atoms with Crippen LogP contribution in [0.1, 0.15) is 20.3 Å². The molecule has 0 aliphatic heterocycles. The van der Waals surface area contributed by atoms with Gasteiger partial charge in [0.25, 0.3) is 0 Å². The molecular formula is C16H25N3O3. The van der Waals surface area contributed by atoms with Gasteiger partial charge >= 0.3 is 0 Å². The Hall–Kier alpha value is -2.08. The maximum Gasteiger partial charge on any atom is 0.239 e. The van der Waals surface area contributed by atoms with Crippen LogP contribution in [0.3, 0.4) is 0 Å². The van der Waals surface area contributed by atoms with Crippen molar-refractivity contribution in [3.63, 3.8) is 0 Å². The van der Waals surface area contributed by atoms with E-state index in [1.807, 2.05) is 26.0 Å². The van der Waals surface area contributed by atoms with Crippen molar-refractivity contribution in [2.45, 2.75) is 20.3 Å². The Morgan fingerprint density at radius 1 is 1.14 bits per heavy atom. The number of ether oxygens (including phenoxy) is 1. The largest absolute Gasteiger partial charge is 0.385 e. The fourth-order valence-corrected chi connectivity index (χ4v) is 1.65. The number of hydrogen-bond acceptors (Lipinski definition) is 4. The van der Waals surface area contributed by atoms with Gasteiger partial charge in [-0.3, -0.25) is 9.59 Å². The molecule has 2 amide bonds. The van der Waals surface area contributed by atoms with Gasteiger partial charge < -0.3 is 20.7 Å². The summed E-state index contributed by atoms with van der Waals surface area (Å²) in [5.74, 6) is -0.135. The lowest BCUT2D eigenvalue weighted by atomic mass is 10.2. The molecule has 0 atom stereocenters. The number of rotatable bonds is 9. The van der Waals surface area contributed by atoms with Crippen LogP contribution in [0.5, 0.6) is 0 Å². The molecule has 0 heterocycles. The summed E-state index contributed by atoms with van der Waals surface area (Å²) in [7, 11) is 1.64. The minimum atomic E-state index is -0.0618. The van der Waals surface area contributed by atoms with Gasteiger partial charge in [0.05, 0.1) is 6.54 Å². The van der Waals surface area contributed by atoms with Crippen molar-refractivity contribution >= 4 is 23.2 Å². The SMILES string of the molecule is COCCCNC(=O)CNc1ccc(NC(=O)C(C)C)cc1. The van der Waals surface area contributed by atoms with E-state index in [0.29, 0.717) is 13.2 Å². The molecule has 0 fully saturated rings. The molecule has 122 valence electrons. The Balaban J connectivity index is 2.32. The Labute approximate surface area is 131 Å². The zero-order valence-electron chi connectivity index (χ0n) is 13.4. The van der Waals surface area contributed by atoms with E-state index in [-0.39, 0.29) is 24.3 Å². The summed E-state index contributed by atoms with van der Waals surface area (Å²) in [5, 5.41) is 8.65. The highest BCUT2D eigenvalue weighted by Gasteiger charge is 2.06. The van der Waals surface area contributed by atoms with Crippen LogP contribution in [0.25, 0.3) is 0 Å². The van der Waals surface area contributed by atoms with Crippen molar-refractivity contribution in [2.75, 3.05) is 37.4 Å². The third kappa shape index (κ3) is 7.08. The molecule has 0 unspecified atom stereocenters. The number of benzene rings is 1. The number of hydrogen-bond donors (Lipinski definition) is 3. The van der Waals surface area contributed by atoms with Crippen molar-refractivity contribution in [1.82, 2.24) is 5.32 Å². The van der Waals surface area contributed by atoms with Crippen molar-refractivity contribution in [2.24, 2.45) is 5.92 Å². The normalized spacial score (nSPS) is 10.4. The number of anilines is 2. The lowest BCUT2D eigenvalue weighted by Crippen LogP contribution is -2.31. The zero-order chi connectivity index (χ0) is 16.4. The quantitative estimate of drug-likeness (QED) is 0.608. The first-order valence-electron chi connectivity index (χ1n) is 7.43. The summed E-state index contributed by atoms with van der Waals surface area (Å²) in [5.41, 5.74) is 1.57. The van der Waals surface area contributed by atoms with Gasteiger partial charge in [0.15, 0.2) is 0 Å². The highest BCUT2D eigenvalue weighted by atomic mass is 16.5. The summed E-state index contributed by atoms with van der Waals surface area (Å²) in [4.78, 5) is 23.2. The van der Waals surface area contributed by atoms with Gasteiger partial charge in [0.1, 0.15) is 0 Å². The summed E-state index contributed by atoms with van der Waals surface area (Å²) in [6.45, 7) is 5.14. The van der Waals surface area contributed by atoms with Crippen LogP contribution < -0.4 is 16.0 Å². The van der Waals surface area contributed by atoms with E-state index in [4.69, 9.17) is 4.74 Å². The fraction of sp³-hybridized carbons (Fsp3) is 0.500. The topological polar surface area (TPSA) is 79.5 Å². The predicted octanol–water partition coefficient (Wildman–Crippen LogP) is 1.85.